The fraction of sp³-hybridized carbons (Fsp3) is 0.714. The molecule has 1 saturated carbocycles. The minimum Gasteiger partial charge on any atom is -0.308 e. The molecule has 2 aliphatic rings. The molecule has 0 amide bonds. The van der Waals surface area contributed by atoms with Crippen molar-refractivity contribution in [3.8, 4) is 0 Å². The van der Waals surface area contributed by atoms with Crippen molar-refractivity contribution in [3.05, 3.63) is 17.6 Å². The third kappa shape index (κ3) is 3.65. The first-order valence-electron chi connectivity index (χ1n) is 7.49. The highest BCUT2D eigenvalue weighted by molar-refractivity contribution is 5.33. The van der Waals surface area contributed by atoms with Crippen molar-refractivity contribution < 1.29 is 0 Å². The average Bonchev–Trinajstić information content (AvgIpc) is 3.24. The van der Waals surface area contributed by atoms with E-state index in [2.05, 4.69) is 25.2 Å². The van der Waals surface area contributed by atoms with Crippen LogP contribution in [0, 0.1) is 12.8 Å². The normalized spacial score (nSPS) is 21.1. The molecule has 1 aliphatic heterocycles. The molecule has 0 aromatic carbocycles. The highest BCUT2D eigenvalue weighted by Crippen LogP contribution is 2.29. The zero-order valence-electron chi connectivity index (χ0n) is 12.2. The molecule has 1 aliphatic carbocycles. The lowest BCUT2D eigenvalue weighted by atomic mass is 10.2. The largest absolute Gasteiger partial charge is 0.308 e. The van der Waals surface area contributed by atoms with Crippen LogP contribution in [0.15, 0.2) is 6.07 Å². The van der Waals surface area contributed by atoms with E-state index >= 15 is 0 Å². The monoisotopic (exact) mass is 276 g/mol. The minimum absolute atomic E-state index is 0.694. The van der Waals surface area contributed by atoms with E-state index in [4.69, 9.17) is 5.84 Å². The summed E-state index contributed by atoms with van der Waals surface area (Å²) < 4.78 is 0. The summed E-state index contributed by atoms with van der Waals surface area (Å²) in [4.78, 5) is 13.9. The molecule has 0 atom stereocenters. The Morgan fingerprint density at radius 3 is 2.55 bits per heavy atom. The van der Waals surface area contributed by atoms with Gasteiger partial charge in [0, 0.05) is 44.5 Å². The van der Waals surface area contributed by atoms with Gasteiger partial charge in [0.1, 0.15) is 11.6 Å². The van der Waals surface area contributed by atoms with E-state index < -0.39 is 0 Å². The number of hydrazine groups is 1. The number of nitrogens with zero attached hydrogens (tertiary/aromatic N) is 4. The molecular weight excluding hydrogens is 252 g/mol. The summed E-state index contributed by atoms with van der Waals surface area (Å²) in [6.07, 6.45) is 2.87. The lowest BCUT2D eigenvalue weighted by Crippen LogP contribution is -2.46. The molecular formula is C14H24N6. The van der Waals surface area contributed by atoms with E-state index in [1.165, 1.54) is 32.5 Å². The second-order valence-corrected chi connectivity index (χ2v) is 5.98. The molecule has 6 nitrogen and oxygen atoms in total. The number of aryl methyl sites for hydroxylation is 1. The number of hydrogen-bond donors (Lipinski definition) is 2. The molecule has 110 valence electrons. The fourth-order valence-corrected chi connectivity index (χ4v) is 2.77. The summed E-state index contributed by atoms with van der Waals surface area (Å²) in [5, 5.41) is 0. The quantitative estimate of drug-likeness (QED) is 0.606. The maximum Gasteiger partial charge on any atom is 0.145 e. The number of nitrogen functional groups attached to an aromatic ring is 1. The number of anilines is 1. The van der Waals surface area contributed by atoms with Gasteiger partial charge in [-0.1, -0.05) is 0 Å². The van der Waals surface area contributed by atoms with E-state index in [9.17, 15) is 0 Å². The van der Waals surface area contributed by atoms with Gasteiger partial charge in [0.05, 0.1) is 6.54 Å². The first-order chi connectivity index (χ1) is 9.72. The van der Waals surface area contributed by atoms with Gasteiger partial charge in [0.2, 0.25) is 0 Å². The number of hydrogen-bond acceptors (Lipinski definition) is 6. The van der Waals surface area contributed by atoms with Crippen LogP contribution in [0.1, 0.15) is 24.4 Å². The maximum atomic E-state index is 5.43. The zero-order valence-corrected chi connectivity index (χ0v) is 12.2. The van der Waals surface area contributed by atoms with Crippen molar-refractivity contribution in [2.75, 3.05) is 38.1 Å². The molecule has 0 radical (unpaired) electrons. The minimum atomic E-state index is 0.694. The Morgan fingerprint density at radius 1 is 1.20 bits per heavy atom. The van der Waals surface area contributed by atoms with Gasteiger partial charge in [-0.3, -0.25) is 4.90 Å². The third-order valence-corrected chi connectivity index (χ3v) is 4.09. The van der Waals surface area contributed by atoms with Crippen LogP contribution in [-0.2, 0) is 6.54 Å². The molecule has 3 N–H and O–H groups in total. The second-order valence-electron chi connectivity index (χ2n) is 5.98. The topological polar surface area (TPSA) is 70.3 Å². The Kier molecular flexibility index (Phi) is 4.14. The molecule has 1 aromatic rings. The SMILES string of the molecule is Cc1cc(NN)nc(CN2CCN(CC3CC3)CC2)n1. The van der Waals surface area contributed by atoms with Crippen molar-refractivity contribution in [2.45, 2.75) is 26.3 Å². The third-order valence-electron chi connectivity index (χ3n) is 4.09. The molecule has 2 fully saturated rings. The van der Waals surface area contributed by atoms with Crippen LogP contribution >= 0.6 is 0 Å². The Balaban J connectivity index is 1.52. The molecule has 0 bridgehead atoms. The van der Waals surface area contributed by atoms with E-state index in [-0.39, 0.29) is 0 Å². The Bertz CT molecular complexity index is 451. The van der Waals surface area contributed by atoms with Crippen molar-refractivity contribution in [1.82, 2.24) is 19.8 Å². The summed E-state index contributed by atoms with van der Waals surface area (Å²) in [6, 6.07) is 1.86. The summed E-state index contributed by atoms with van der Waals surface area (Å²) in [6.45, 7) is 8.64. The first kappa shape index (κ1) is 13.7. The van der Waals surface area contributed by atoms with Crippen LogP contribution in [0.5, 0.6) is 0 Å². The molecule has 1 saturated heterocycles. The van der Waals surface area contributed by atoms with Gasteiger partial charge in [-0.2, -0.15) is 0 Å². The van der Waals surface area contributed by atoms with E-state index in [0.29, 0.717) is 5.82 Å². The van der Waals surface area contributed by atoms with E-state index in [1.54, 1.807) is 0 Å². The molecule has 0 unspecified atom stereocenters. The van der Waals surface area contributed by atoms with Gasteiger partial charge in [0.15, 0.2) is 0 Å². The van der Waals surface area contributed by atoms with E-state index in [1.807, 2.05) is 13.0 Å². The predicted octanol–water partition coefficient (Wildman–Crippen LogP) is 0.598. The summed E-state index contributed by atoms with van der Waals surface area (Å²) in [5.74, 6) is 7.97. The van der Waals surface area contributed by atoms with Crippen molar-refractivity contribution in [1.29, 1.82) is 0 Å². The van der Waals surface area contributed by atoms with Gasteiger partial charge in [-0.15, -0.1) is 0 Å². The zero-order chi connectivity index (χ0) is 13.9. The lowest BCUT2D eigenvalue weighted by Gasteiger charge is -2.34. The smallest absolute Gasteiger partial charge is 0.145 e. The molecule has 2 heterocycles. The Morgan fingerprint density at radius 2 is 1.90 bits per heavy atom. The van der Waals surface area contributed by atoms with Gasteiger partial charge in [-0.05, 0) is 25.7 Å². The van der Waals surface area contributed by atoms with E-state index in [0.717, 1.165) is 37.1 Å². The van der Waals surface area contributed by atoms with Crippen LogP contribution in [-0.4, -0.2) is 52.5 Å². The van der Waals surface area contributed by atoms with Crippen molar-refractivity contribution in [3.63, 3.8) is 0 Å². The standard InChI is InChI=1S/C14H24N6/c1-11-8-13(18-15)17-14(16-11)10-20-6-4-19(5-7-20)9-12-2-3-12/h8,12H,2-7,9-10,15H2,1H3,(H,16,17,18). The van der Waals surface area contributed by atoms with Crippen LogP contribution in [0.25, 0.3) is 0 Å². The Hall–Kier alpha value is -1.24. The first-order valence-corrected chi connectivity index (χ1v) is 7.49. The number of nitrogens with two attached hydrogens (primary N) is 1. The number of nitrogens with one attached hydrogen (secondary N) is 1. The number of rotatable bonds is 5. The number of piperazine rings is 1. The van der Waals surface area contributed by atoms with Crippen LogP contribution in [0.3, 0.4) is 0 Å². The predicted molar refractivity (Wildman–Crippen MR) is 79.0 cm³/mol. The van der Waals surface area contributed by atoms with Crippen LogP contribution in [0.4, 0.5) is 5.82 Å². The molecule has 3 rings (SSSR count). The highest BCUT2D eigenvalue weighted by Gasteiger charge is 2.26. The van der Waals surface area contributed by atoms with Gasteiger partial charge < -0.3 is 10.3 Å². The van der Waals surface area contributed by atoms with Gasteiger partial charge >= 0.3 is 0 Å². The van der Waals surface area contributed by atoms with Crippen LogP contribution in [0.2, 0.25) is 0 Å². The van der Waals surface area contributed by atoms with Crippen molar-refractivity contribution in [2.24, 2.45) is 11.8 Å². The van der Waals surface area contributed by atoms with Gasteiger partial charge in [0.25, 0.3) is 0 Å². The van der Waals surface area contributed by atoms with Crippen molar-refractivity contribution >= 4 is 5.82 Å². The maximum absolute atomic E-state index is 5.43. The molecule has 6 heteroatoms. The van der Waals surface area contributed by atoms with Gasteiger partial charge in [-0.25, -0.2) is 15.8 Å². The molecule has 20 heavy (non-hydrogen) atoms. The molecule has 0 spiro atoms. The summed E-state index contributed by atoms with van der Waals surface area (Å²) >= 11 is 0. The number of aromatic nitrogens is 2. The summed E-state index contributed by atoms with van der Waals surface area (Å²) in [7, 11) is 0. The second kappa shape index (κ2) is 6.03. The average molecular weight is 276 g/mol. The molecule has 1 aromatic heterocycles. The highest BCUT2D eigenvalue weighted by atomic mass is 15.3. The fourth-order valence-electron chi connectivity index (χ4n) is 2.77. The summed E-state index contributed by atoms with van der Waals surface area (Å²) in [5.41, 5.74) is 3.56. The Labute approximate surface area is 120 Å². The van der Waals surface area contributed by atoms with Crippen LogP contribution < -0.4 is 11.3 Å². The lowest BCUT2D eigenvalue weighted by molar-refractivity contribution is 0.121.